The Morgan fingerprint density at radius 1 is 1.65 bits per heavy atom. The van der Waals surface area contributed by atoms with E-state index >= 15 is 0 Å². The number of piperidine rings is 1. The van der Waals surface area contributed by atoms with E-state index in [1.54, 1.807) is 0 Å². The van der Waals surface area contributed by atoms with E-state index in [0.717, 1.165) is 13.0 Å². The number of hydrogen-bond acceptors (Lipinski definition) is 5. The second-order valence-corrected chi connectivity index (χ2v) is 4.38. The summed E-state index contributed by atoms with van der Waals surface area (Å²) in [5.41, 5.74) is 6.19. The first-order chi connectivity index (χ1) is 8.08. The van der Waals surface area contributed by atoms with Crippen LogP contribution < -0.4 is 10.6 Å². The molecule has 3 N–H and O–H groups in total. The van der Waals surface area contributed by atoms with E-state index in [2.05, 4.69) is 9.97 Å². The van der Waals surface area contributed by atoms with Crippen molar-refractivity contribution in [1.29, 1.82) is 0 Å². The molecule has 17 heavy (non-hydrogen) atoms. The molecule has 1 aromatic heterocycles. The fourth-order valence-electron chi connectivity index (χ4n) is 1.99. The van der Waals surface area contributed by atoms with Gasteiger partial charge in [-0.15, -0.1) is 0 Å². The van der Waals surface area contributed by atoms with Gasteiger partial charge in [-0.05, 0) is 24.4 Å². The Kier molecular flexibility index (Phi) is 3.33. The minimum atomic E-state index is -0.784. The highest BCUT2D eigenvalue weighted by Crippen LogP contribution is 2.26. The van der Waals surface area contributed by atoms with Gasteiger partial charge in [-0.2, -0.15) is 4.98 Å². The first-order valence-electron chi connectivity index (χ1n) is 5.33. The van der Waals surface area contributed by atoms with Crippen LogP contribution >= 0.6 is 11.6 Å². The molecular formula is C10H13ClN4O2. The van der Waals surface area contributed by atoms with Crippen LogP contribution in [0.4, 0.5) is 11.5 Å². The summed E-state index contributed by atoms with van der Waals surface area (Å²) in [4.78, 5) is 20.6. The molecular weight excluding hydrogens is 244 g/mol. The Hall–Kier alpha value is -1.56. The molecule has 0 radical (unpaired) electrons. The van der Waals surface area contributed by atoms with Crippen LogP contribution in [-0.2, 0) is 4.79 Å². The summed E-state index contributed by atoms with van der Waals surface area (Å²) in [6.07, 6.45) is 2.93. The monoisotopic (exact) mass is 256 g/mol. The molecule has 1 saturated heterocycles. The molecule has 2 rings (SSSR count). The molecule has 2 heterocycles. The van der Waals surface area contributed by atoms with Crippen LogP contribution in [0.15, 0.2) is 6.20 Å². The van der Waals surface area contributed by atoms with Crippen LogP contribution in [0.5, 0.6) is 0 Å². The maximum atomic E-state index is 11.0. The number of nitrogen functional groups attached to an aromatic ring is 1. The van der Waals surface area contributed by atoms with Gasteiger partial charge in [0.25, 0.3) is 0 Å². The van der Waals surface area contributed by atoms with E-state index in [1.165, 1.54) is 6.20 Å². The van der Waals surface area contributed by atoms with E-state index in [9.17, 15) is 4.79 Å². The predicted octanol–water partition coefficient (Wildman–Crippen LogP) is 1.01. The number of aromatic nitrogens is 2. The molecule has 0 aliphatic carbocycles. The average Bonchev–Trinajstić information content (AvgIpc) is 2.32. The molecule has 0 spiro atoms. The van der Waals surface area contributed by atoms with E-state index in [1.807, 2.05) is 4.90 Å². The highest BCUT2D eigenvalue weighted by Gasteiger charge is 2.27. The van der Waals surface area contributed by atoms with Crippen LogP contribution in [0, 0.1) is 5.92 Å². The summed E-state index contributed by atoms with van der Waals surface area (Å²) in [5.74, 6) is -0.638. The Bertz CT molecular complexity index is 440. The van der Waals surface area contributed by atoms with Gasteiger partial charge < -0.3 is 15.7 Å². The number of carboxylic acid groups (broad SMARTS) is 1. The van der Waals surface area contributed by atoms with Crippen molar-refractivity contribution in [2.75, 3.05) is 23.7 Å². The van der Waals surface area contributed by atoms with Crippen LogP contribution in [0.1, 0.15) is 12.8 Å². The molecule has 0 amide bonds. The SMILES string of the molecule is Nc1cnc(Cl)nc1N1CCCC(C(=O)O)C1. The van der Waals surface area contributed by atoms with Crippen molar-refractivity contribution in [2.24, 2.45) is 5.92 Å². The average molecular weight is 257 g/mol. The molecule has 1 aromatic rings. The van der Waals surface area contributed by atoms with Crippen molar-refractivity contribution >= 4 is 29.1 Å². The summed E-state index contributed by atoms with van der Waals surface area (Å²) >= 11 is 5.71. The molecule has 1 atom stereocenters. The van der Waals surface area contributed by atoms with Gasteiger partial charge in [-0.1, -0.05) is 0 Å². The quantitative estimate of drug-likeness (QED) is 0.768. The molecule has 6 nitrogen and oxygen atoms in total. The lowest BCUT2D eigenvalue weighted by atomic mass is 9.98. The topological polar surface area (TPSA) is 92.3 Å². The lowest BCUT2D eigenvalue weighted by molar-refractivity contribution is -0.141. The fraction of sp³-hybridized carbons (Fsp3) is 0.500. The molecule has 92 valence electrons. The van der Waals surface area contributed by atoms with E-state index < -0.39 is 5.97 Å². The molecule has 1 aliphatic heterocycles. The molecule has 1 aliphatic rings. The third-order valence-electron chi connectivity index (χ3n) is 2.84. The first-order valence-corrected chi connectivity index (χ1v) is 5.71. The van der Waals surface area contributed by atoms with Crippen molar-refractivity contribution in [2.45, 2.75) is 12.8 Å². The lowest BCUT2D eigenvalue weighted by Gasteiger charge is -2.32. The van der Waals surface area contributed by atoms with E-state index in [4.69, 9.17) is 22.4 Å². The number of halogens is 1. The van der Waals surface area contributed by atoms with Gasteiger partial charge in [-0.3, -0.25) is 4.79 Å². The van der Waals surface area contributed by atoms with Crippen LogP contribution in [0.2, 0.25) is 5.28 Å². The molecule has 0 saturated carbocycles. The smallest absolute Gasteiger partial charge is 0.308 e. The molecule has 1 fully saturated rings. The number of hydrogen-bond donors (Lipinski definition) is 2. The lowest BCUT2D eigenvalue weighted by Crippen LogP contribution is -2.39. The van der Waals surface area contributed by atoms with Crippen molar-refractivity contribution in [3.63, 3.8) is 0 Å². The fourth-order valence-corrected chi connectivity index (χ4v) is 2.11. The Morgan fingerprint density at radius 2 is 2.41 bits per heavy atom. The Labute approximate surface area is 103 Å². The highest BCUT2D eigenvalue weighted by molar-refractivity contribution is 6.28. The van der Waals surface area contributed by atoms with Crippen LogP contribution in [0.3, 0.4) is 0 Å². The predicted molar refractivity (Wildman–Crippen MR) is 64.0 cm³/mol. The number of nitrogens with zero attached hydrogens (tertiary/aromatic N) is 3. The molecule has 7 heteroatoms. The van der Waals surface area contributed by atoms with E-state index in [0.29, 0.717) is 24.5 Å². The highest BCUT2D eigenvalue weighted by atomic mass is 35.5. The van der Waals surface area contributed by atoms with Gasteiger partial charge in [0.15, 0.2) is 5.82 Å². The largest absolute Gasteiger partial charge is 0.481 e. The molecule has 0 aromatic carbocycles. The van der Waals surface area contributed by atoms with E-state index in [-0.39, 0.29) is 11.2 Å². The van der Waals surface area contributed by atoms with Crippen molar-refractivity contribution in [3.8, 4) is 0 Å². The standard InChI is InChI=1S/C10H13ClN4O2/c11-10-13-4-7(12)8(14-10)15-3-1-2-6(5-15)9(16)17/h4,6H,1-3,5,12H2,(H,16,17). The summed E-state index contributed by atoms with van der Waals surface area (Å²) < 4.78 is 0. The molecule has 1 unspecified atom stereocenters. The zero-order chi connectivity index (χ0) is 12.4. The normalized spacial score (nSPS) is 20.3. The van der Waals surface area contributed by atoms with Gasteiger partial charge in [-0.25, -0.2) is 4.98 Å². The second-order valence-electron chi connectivity index (χ2n) is 4.04. The third-order valence-corrected chi connectivity index (χ3v) is 3.02. The first kappa shape index (κ1) is 11.9. The van der Waals surface area contributed by atoms with Crippen LogP contribution in [0.25, 0.3) is 0 Å². The Balaban J connectivity index is 2.21. The minimum Gasteiger partial charge on any atom is -0.481 e. The number of anilines is 2. The van der Waals surface area contributed by atoms with Gasteiger partial charge in [0, 0.05) is 13.1 Å². The Morgan fingerprint density at radius 3 is 3.12 bits per heavy atom. The van der Waals surface area contributed by atoms with Crippen molar-refractivity contribution in [3.05, 3.63) is 11.5 Å². The van der Waals surface area contributed by atoms with Crippen molar-refractivity contribution < 1.29 is 9.90 Å². The van der Waals surface area contributed by atoms with Gasteiger partial charge in [0.2, 0.25) is 5.28 Å². The number of aliphatic carboxylic acids is 1. The zero-order valence-corrected chi connectivity index (χ0v) is 9.89. The maximum absolute atomic E-state index is 11.0. The third kappa shape index (κ3) is 2.58. The number of nitrogens with two attached hydrogens (primary N) is 1. The number of carboxylic acids is 1. The number of carbonyl (C=O) groups is 1. The zero-order valence-electron chi connectivity index (χ0n) is 9.14. The minimum absolute atomic E-state index is 0.117. The second kappa shape index (κ2) is 4.75. The maximum Gasteiger partial charge on any atom is 0.308 e. The summed E-state index contributed by atoms with van der Waals surface area (Å²) in [5, 5.41) is 9.13. The van der Waals surface area contributed by atoms with Gasteiger partial charge in [0.1, 0.15) is 0 Å². The van der Waals surface area contributed by atoms with Crippen LogP contribution in [-0.4, -0.2) is 34.1 Å². The summed E-state index contributed by atoms with van der Waals surface area (Å²) in [7, 11) is 0. The summed E-state index contributed by atoms with van der Waals surface area (Å²) in [6, 6.07) is 0. The summed E-state index contributed by atoms with van der Waals surface area (Å²) in [6.45, 7) is 1.15. The number of rotatable bonds is 2. The molecule has 0 bridgehead atoms. The van der Waals surface area contributed by atoms with Crippen molar-refractivity contribution in [1.82, 2.24) is 9.97 Å². The van der Waals surface area contributed by atoms with Gasteiger partial charge >= 0.3 is 5.97 Å². The van der Waals surface area contributed by atoms with Gasteiger partial charge in [0.05, 0.1) is 17.8 Å².